The summed E-state index contributed by atoms with van der Waals surface area (Å²) >= 11 is 0. The average Bonchev–Trinajstić information content (AvgIpc) is 3.11. The molecule has 3 aromatic rings. The summed E-state index contributed by atoms with van der Waals surface area (Å²) in [6, 6.07) is 7.34. The van der Waals surface area contributed by atoms with Crippen molar-refractivity contribution in [2.45, 2.75) is 32.8 Å². The standard InChI is InChI=1S/C15H16N4O3/c1-15(2,3)14-16-11(22-19-14)8-21-13(20)12-9-6-4-5-7-10(9)17-18-12/h4-7H,8H2,1-3H3,(H,17,18). The van der Waals surface area contributed by atoms with E-state index >= 15 is 0 Å². The number of aromatic amines is 1. The van der Waals surface area contributed by atoms with Crippen molar-refractivity contribution in [3.8, 4) is 0 Å². The third kappa shape index (κ3) is 2.69. The summed E-state index contributed by atoms with van der Waals surface area (Å²) in [6.07, 6.45) is 0. The van der Waals surface area contributed by atoms with Gasteiger partial charge < -0.3 is 9.26 Å². The van der Waals surface area contributed by atoms with Gasteiger partial charge in [0.2, 0.25) is 0 Å². The lowest BCUT2D eigenvalue weighted by Gasteiger charge is -2.10. The number of hydrogen-bond donors (Lipinski definition) is 1. The van der Waals surface area contributed by atoms with Crippen molar-refractivity contribution >= 4 is 16.9 Å². The maximum Gasteiger partial charge on any atom is 0.359 e. The first-order chi connectivity index (χ1) is 10.4. The first-order valence-electron chi connectivity index (χ1n) is 6.88. The number of rotatable bonds is 3. The third-order valence-corrected chi connectivity index (χ3v) is 3.13. The molecule has 0 saturated heterocycles. The summed E-state index contributed by atoms with van der Waals surface area (Å²) in [4.78, 5) is 16.3. The first-order valence-corrected chi connectivity index (χ1v) is 6.88. The van der Waals surface area contributed by atoms with Crippen LogP contribution in [0, 0.1) is 0 Å². The van der Waals surface area contributed by atoms with Gasteiger partial charge in [0, 0.05) is 10.8 Å². The number of carbonyl (C=O) groups is 1. The highest BCUT2D eigenvalue weighted by Gasteiger charge is 2.22. The van der Waals surface area contributed by atoms with Crippen LogP contribution in [-0.2, 0) is 16.8 Å². The highest BCUT2D eigenvalue weighted by atomic mass is 16.6. The average molecular weight is 300 g/mol. The lowest BCUT2D eigenvalue weighted by Crippen LogP contribution is -2.13. The van der Waals surface area contributed by atoms with Gasteiger partial charge in [0.25, 0.3) is 5.89 Å². The molecule has 1 aromatic carbocycles. The van der Waals surface area contributed by atoms with E-state index in [1.165, 1.54) is 0 Å². The van der Waals surface area contributed by atoms with E-state index in [0.717, 1.165) is 5.52 Å². The quantitative estimate of drug-likeness (QED) is 0.747. The highest BCUT2D eigenvalue weighted by Crippen LogP contribution is 2.19. The molecule has 0 fully saturated rings. The van der Waals surface area contributed by atoms with E-state index in [4.69, 9.17) is 9.26 Å². The van der Waals surface area contributed by atoms with Crippen molar-refractivity contribution in [2.75, 3.05) is 0 Å². The summed E-state index contributed by atoms with van der Waals surface area (Å²) in [6.45, 7) is 5.85. The minimum absolute atomic E-state index is 0.0803. The zero-order valence-corrected chi connectivity index (χ0v) is 12.6. The van der Waals surface area contributed by atoms with Crippen LogP contribution in [0.25, 0.3) is 10.9 Å². The Morgan fingerprint density at radius 3 is 2.82 bits per heavy atom. The Morgan fingerprint density at radius 1 is 1.32 bits per heavy atom. The van der Waals surface area contributed by atoms with Gasteiger partial charge in [0.05, 0.1) is 5.52 Å². The highest BCUT2D eigenvalue weighted by molar-refractivity contribution is 6.01. The van der Waals surface area contributed by atoms with E-state index in [2.05, 4.69) is 20.3 Å². The largest absolute Gasteiger partial charge is 0.451 e. The van der Waals surface area contributed by atoms with Gasteiger partial charge in [-0.3, -0.25) is 5.10 Å². The van der Waals surface area contributed by atoms with Gasteiger partial charge in [-0.1, -0.05) is 44.1 Å². The molecule has 0 spiro atoms. The smallest absolute Gasteiger partial charge is 0.359 e. The molecule has 114 valence electrons. The predicted octanol–water partition coefficient (Wildman–Crippen LogP) is 2.60. The Kier molecular flexibility index (Phi) is 3.40. The zero-order chi connectivity index (χ0) is 15.7. The summed E-state index contributed by atoms with van der Waals surface area (Å²) in [5.41, 5.74) is 0.804. The normalized spacial score (nSPS) is 11.8. The SMILES string of the molecule is CC(C)(C)c1noc(COC(=O)c2n[nH]c3ccccc23)n1. The number of para-hydroxylation sites is 1. The Hall–Kier alpha value is -2.70. The zero-order valence-electron chi connectivity index (χ0n) is 12.6. The van der Waals surface area contributed by atoms with Gasteiger partial charge in [-0.15, -0.1) is 0 Å². The van der Waals surface area contributed by atoms with Crippen molar-refractivity contribution in [1.29, 1.82) is 0 Å². The number of benzene rings is 1. The minimum Gasteiger partial charge on any atom is -0.451 e. The van der Waals surface area contributed by atoms with Crippen LogP contribution < -0.4 is 0 Å². The van der Waals surface area contributed by atoms with E-state index in [0.29, 0.717) is 11.2 Å². The number of ether oxygens (including phenoxy) is 1. The van der Waals surface area contributed by atoms with Gasteiger partial charge in [-0.05, 0) is 6.07 Å². The van der Waals surface area contributed by atoms with Crippen molar-refractivity contribution in [1.82, 2.24) is 20.3 Å². The van der Waals surface area contributed by atoms with Crippen LogP contribution in [0.2, 0.25) is 0 Å². The molecule has 0 atom stereocenters. The molecule has 0 amide bonds. The molecule has 0 aliphatic carbocycles. The fourth-order valence-corrected chi connectivity index (χ4v) is 1.93. The second-order valence-corrected chi connectivity index (χ2v) is 5.96. The Labute approximate surface area is 126 Å². The topological polar surface area (TPSA) is 93.9 Å². The number of fused-ring (bicyclic) bond motifs is 1. The fraction of sp³-hybridized carbons (Fsp3) is 0.333. The summed E-state index contributed by atoms with van der Waals surface area (Å²) in [5, 5.41) is 11.4. The van der Waals surface area contributed by atoms with Gasteiger partial charge in [-0.25, -0.2) is 4.79 Å². The number of esters is 1. The molecule has 0 bridgehead atoms. The van der Waals surface area contributed by atoms with Crippen LogP contribution >= 0.6 is 0 Å². The molecule has 1 N–H and O–H groups in total. The first kappa shape index (κ1) is 14.2. The van der Waals surface area contributed by atoms with Crippen LogP contribution in [-0.4, -0.2) is 26.3 Å². The Bertz CT molecular complexity index is 813. The summed E-state index contributed by atoms with van der Waals surface area (Å²) < 4.78 is 10.3. The van der Waals surface area contributed by atoms with Crippen molar-refractivity contribution in [3.05, 3.63) is 41.7 Å². The van der Waals surface area contributed by atoms with E-state index < -0.39 is 5.97 Å². The molecule has 7 heteroatoms. The molecule has 0 saturated carbocycles. The van der Waals surface area contributed by atoms with E-state index in [9.17, 15) is 4.79 Å². The predicted molar refractivity (Wildman–Crippen MR) is 78.2 cm³/mol. The lowest BCUT2D eigenvalue weighted by molar-refractivity contribution is 0.0425. The summed E-state index contributed by atoms with van der Waals surface area (Å²) in [7, 11) is 0. The van der Waals surface area contributed by atoms with E-state index in [1.807, 2.05) is 39.0 Å². The summed E-state index contributed by atoms with van der Waals surface area (Å²) in [5.74, 6) is 0.301. The molecular weight excluding hydrogens is 284 g/mol. The van der Waals surface area contributed by atoms with Crippen LogP contribution in [0.1, 0.15) is 43.0 Å². The molecule has 0 aliphatic rings. The van der Waals surface area contributed by atoms with E-state index in [1.54, 1.807) is 6.07 Å². The molecule has 2 aromatic heterocycles. The van der Waals surface area contributed by atoms with Gasteiger partial charge in [-0.2, -0.15) is 10.1 Å². The monoisotopic (exact) mass is 300 g/mol. The molecule has 0 unspecified atom stereocenters. The third-order valence-electron chi connectivity index (χ3n) is 3.13. The van der Waals surface area contributed by atoms with Gasteiger partial charge in [0.1, 0.15) is 0 Å². The number of aromatic nitrogens is 4. The van der Waals surface area contributed by atoms with Crippen molar-refractivity contribution in [3.63, 3.8) is 0 Å². The molecule has 3 rings (SSSR count). The van der Waals surface area contributed by atoms with E-state index in [-0.39, 0.29) is 23.6 Å². The molecule has 0 radical (unpaired) electrons. The number of nitrogens with zero attached hydrogens (tertiary/aromatic N) is 3. The molecular formula is C15H16N4O3. The molecule has 0 aliphatic heterocycles. The molecule has 7 nitrogen and oxygen atoms in total. The van der Waals surface area contributed by atoms with Crippen LogP contribution in [0.3, 0.4) is 0 Å². The molecule has 2 heterocycles. The number of H-pyrrole nitrogens is 1. The Balaban J connectivity index is 1.71. The number of carbonyl (C=O) groups excluding carboxylic acids is 1. The van der Waals surface area contributed by atoms with Gasteiger partial charge in [0.15, 0.2) is 18.1 Å². The fourth-order valence-electron chi connectivity index (χ4n) is 1.93. The van der Waals surface area contributed by atoms with Crippen LogP contribution in [0.4, 0.5) is 0 Å². The lowest BCUT2D eigenvalue weighted by atomic mass is 9.96. The van der Waals surface area contributed by atoms with Crippen LogP contribution in [0.15, 0.2) is 28.8 Å². The molecule has 22 heavy (non-hydrogen) atoms. The van der Waals surface area contributed by atoms with Crippen LogP contribution in [0.5, 0.6) is 0 Å². The Morgan fingerprint density at radius 2 is 2.09 bits per heavy atom. The number of nitrogens with one attached hydrogen (secondary N) is 1. The minimum atomic E-state index is -0.534. The van der Waals surface area contributed by atoms with Gasteiger partial charge >= 0.3 is 5.97 Å². The van der Waals surface area contributed by atoms with Crippen molar-refractivity contribution in [2.24, 2.45) is 0 Å². The second-order valence-electron chi connectivity index (χ2n) is 5.96. The van der Waals surface area contributed by atoms with Crippen molar-refractivity contribution < 1.29 is 14.1 Å². The maximum atomic E-state index is 12.1. The number of hydrogen-bond acceptors (Lipinski definition) is 6. The second kappa shape index (κ2) is 5.25. The maximum absolute atomic E-state index is 12.1.